The van der Waals surface area contributed by atoms with Gasteiger partial charge >= 0.3 is 11.9 Å². The van der Waals surface area contributed by atoms with Crippen molar-refractivity contribution in [1.29, 1.82) is 0 Å². The lowest BCUT2D eigenvalue weighted by molar-refractivity contribution is -0.138. The molecule has 0 aromatic heterocycles. The molecule has 0 unspecified atom stereocenters. The van der Waals surface area contributed by atoms with Gasteiger partial charge in [0.05, 0.1) is 6.67 Å². The molecule has 0 bridgehead atoms. The highest BCUT2D eigenvalue weighted by atomic mass is 18.2. The summed E-state index contributed by atoms with van der Waals surface area (Å²) in [5, 5.41) is 17.1. The Labute approximate surface area is 86.4 Å². The van der Waals surface area contributed by atoms with Crippen LogP contribution in [0.3, 0.4) is 0 Å². The second-order valence-electron chi connectivity index (χ2n) is 3.01. The van der Waals surface area contributed by atoms with Crippen LogP contribution in [0.4, 0.5) is 4.39 Å². The van der Waals surface area contributed by atoms with Gasteiger partial charge in [0.2, 0.25) is 0 Å². The molecule has 0 fully saturated rings. The summed E-state index contributed by atoms with van der Waals surface area (Å²) in [6, 6.07) is -1.12. The molecule has 0 spiro atoms. The molecule has 0 saturated carbocycles. The molecule has 0 radical (unpaired) electrons. The minimum atomic E-state index is -1.19. The summed E-state index contributed by atoms with van der Waals surface area (Å²) < 4.78 is 11.8. The van der Waals surface area contributed by atoms with Gasteiger partial charge in [-0.25, -0.2) is 4.79 Å². The second kappa shape index (κ2) is 6.94. The second-order valence-corrected chi connectivity index (χ2v) is 3.01. The van der Waals surface area contributed by atoms with Crippen molar-refractivity contribution >= 4 is 11.9 Å². The van der Waals surface area contributed by atoms with E-state index in [4.69, 9.17) is 15.9 Å². The van der Waals surface area contributed by atoms with Crippen LogP contribution < -0.4 is 5.73 Å². The summed E-state index contributed by atoms with van der Waals surface area (Å²) in [7, 11) is 0. The Kier molecular flexibility index (Phi) is 6.28. The molecule has 0 aromatic carbocycles. The highest BCUT2D eigenvalue weighted by molar-refractivity contribution is 5.86. The van der Waals surface area contributed by atoms with Gasteiger partial charge in [-0.15, -0.1) is 0 Å². The zero-order valence-corrected chi connectivity index (χ0v) is 8.15. The van der Waals surface area contributed by atoms with E-state index in [-0.39, 0.29) is 24.8 Å². The summed E-state index contributed by atoms with van der Waals surface area (Å²) in [6.45, 7) is -0.602. The van der Waals surface area contributed by atoms with Crippen molar-refractivity contribution in [2.75, 3.05) is 6.67 Å². The van der Waals surface area contributed by atoms with Crippen molar-refractivity contribution in [3.05, 3.63) is 11.6 Å². The van der Waals surface area contributed by atoms with Gasteiger partial charge in [-0.1, -0.05) is 6.08 Å². The van der Waals surface area contributed by atoms with Crippen LogP contribution in [-0.4, -0.2) is 34.9 Å². The highest BCUT2D eigenvalue weighted by Crippen LogP contribution is 2.08. The van der Waals surface area contributed by atoms with Gasteiger partial charge in [-0.05, 0) is 19.3 Å². The predicted octanol–water partition coefficient (Wildman–Crippen LogP) is 0.549. The van der Waals surface area contributed by atoms with E-state index in [9.17, 15) is 14.0 Å². The van der Waals surface area contributed by atoms with E-state index < -0.39 is 24.7 Å². The Morgan fingerprint density at radius 2 is 2.00 bits per heavy atom. The molecule has 0 aliphatic rings. The lowest BCUT2D eigenvalue weighted by atomic mass is 10.1. The molecule has 15 heavy (non-hydrogen) atoms. The van der Waals surface area contributed by atoms with Gasteiger partial charge < -0.3 is 15.9 Å². The summed E-state index contributed by atoms with van der Waals surface area (Å²) in [5.74, 6) is -2.36. The Hall–Kier alpha value is -1.43. The highest BCUT2D eigenvalue weighted by Gasteiger charge is 2.12. The molecule has 1 atom stereocenters. The van der Waals surface area contributed by atoms with Crippen molar-refractivity contribution in [3.8, 4) is 0 Å². The Morgan fingerprint density at radius 1 is 1.40 bits per heavy atom. The summed E-state index contributed by atoms with van der Waals surface area (Å²) in [5.41, 5.74) is 5.19. The van der Waals surface area contributed by atoms with Crippen LogP contribution in [-0.2, 0) is 9.59 Å². The lowest BCUT2D eigenvalue weighted by Gasteiger charge is -2.04. The van der Waals surface area contributed by atoms with Crippen molar-refractivity contribution in [2.45, 2.75) is 25.3 Å². The topological polar surface area (TPSA) is 101 Å². The van der Waals surface area contributed by atoms with Gasteiger partial charge in [0.1, 0.15) is 6.04 Å². The average molecular weight is 218 g/mol. The molecule has 0 aliphatic carbocycles. The largest absolute Gasteiger partial charge is 0.480 e. The zero-order valence-electron chi connectivity index (χ0n) is 8.15. The monoisotopic (exact) mass is 218 g/mol. The van der Waals surface area contributed by atoms with E-state index in [1.54, 1.807) is 0 Å². The summed E-state index contributed by atoms with van der Waals surface area (Å²) in [6.07, 6.45) is 1.36. The van der Waals surface area contributed by atoms with Crippen LogP contribution in [0.2, 0.25) is 0 Å². The maximum absolute atomic E-state index is 11.8. The number of hydrogen-bond acceptors (Lipinski definition) is 3. The van der Waals surface area contributed by atoms with E-state index in [1.807, 2.05) is 0 Å². The van der Waals surface area contributed by atoms with E-state index >= 15 is 0 Å². The average Bonchev–Trinajstić information content (AvgIpc) is 2.16. The molecule has 0 rings (SSSR count). The van der Waals surface area contributed by atoms with Crippen LogP contribution in [0.15, 0.2) is 11.6 Å². The third-order valence-electron chi connectivity index (χ3n) is 1.79. The summed E-state index contributed by atoms with van der Waals surface area (Å²) >= 11 is 0. The van der Waals surface area contributed by atoms with E-state index in [0.717, 1.165) is 0 Å². The fourth-order valence-corrected chi connectivity index (χ4v) is 0.924. The zero-order chi connectivity index (χ0) is 11.8. The van der Waals surface area contributed by atoms with Crippen LogP contribution >= 0.6 is 0 Å². The minimum absolute atomic E-state index is 0.00403. The van der Waals surface area contributed by atoms with Crippen molar-refractivity contribution in [1.82, 2.24) is 0 Å². The SMILES string of the molecule is N[C@@H](C/C=C(/CCC[18F])C(=O)O)C(=O)O. The molecule has 0 aliphatic heterocycles. The summed E-state index contributed by atoms with van der Waals surface area (Å²) in [4.78, 5) is 20.9. The number of alkyl halides is 1. The molecule has 6 heteroatoms. The van der Waals surface area contributed by atoms with E-state index in [0.29, 0.717) is 0 Å². The molecule has 0 amide bonds. The fourth-order valence-electron chi connectivity index (χ4n) is 0.924. The normalized spacial score (nSPS) is 13.6. The first kappa shape index (κ1) is 13.6. The van der Waals surface area contributed by atoms with Crippen molar-refractivity contribution < 1.29 is 24.2 Å². The van der Waals surface area contributed by atoms with E-state index in [2.05, 4.69) is 0 Å². The Morgan fingerprint density at radius 3 is 2.40 bits per heavy atom. The fraction of sp³-hybridized carbons (Fsp3) is 0.556. The number of halogens is 1. The number of hydrogen-bond donors (Lipinski definition) is 3. The van der Waals surface area contributed by atoms with Gasteiger partial charge in [-0.3, -0.25) is 9.18 Å². The number of rotatable bonds is 7. The minimum Gasteiger partial charge on any atom is -0.480 e. The maximum atomic E-state index is 11.8. The third kappa shape index (κ3) is 5.79. The smallest absolute Gasteiger partial charge is 0.331 e. The van der Waals surface area contributed by atoms with Crippen LogP contribution in [0.5, 0.6) is 0 Å². The first-order valence-electron chi connectivity index (χ1n) is 4.45. The van der Waals surface area contributed by atoms with Crippen LogP contribution in [0.1, 0.15) is 19.3 Å². The van der Waals surface area contributed by atoms with E-state index in [1.165, 1.54) is 6.08 Å². The van der Waals surface area contributed by atoms with Gasteiger partial charge in [0.25, 0.3) is 0 Å². The number of carboxylic acid groups (broad SMARTS) is 2. The van der Waals surface area contributed by atoms with Crippen molar-refractivity contribution in [2.24, 2.45) is 5.73 Å². The van der Waals surface area contributed by atoms with Gasteiger partial charge in [0.15, 0.2) is 0 Å². The molecule has 0 heterocycles. The predicted molar refractivity (Wildman–Crippen MR) is 51.2 cm³/mol. The number of aliphatic carboxylic acids is 2. The number of nitrogens with two attached hydrogens (primary N) is 1. The quantitative estimate of drug-likeness (QED) is 0.542. The maximum Gasteiger partial charge on any atom is 0.331 e. The van der Waals surface area contributed by atoms with Crippen LogP contribution in [0, 0.1) is 0 Å². The first-order valence-corrected chi connectivity index (χ1v) is 4.45. The Balaban J connectivity index is 4.29. The lowest BCUT2D eigenvalue weighted by Crippen LogP contribution is -2.29. The molecule has 4 N–H and O–H groups in total. The molecular weight excluding hydrogens is 204 g/mol. The number of carbonyl (C=O) groups is 2. The Bertz CT molecular complexity index is 265. The van der Waals surface area contributed by atoms with Gasteiger partial charge in [-0.2, -0.15) is 0 Å². The van der Waals surface area contributed by atoms with Crippen molar-refractivity contribution in [3.63, 3.8) is 0 Å². The molecule has 5 nitrogen and oxygen atoms in total. The molecule has 0 aromatic rings. The third-order valence-corrected chi connectivity index (χ3v) is 1.79. The number of carboxylic acids is 2. The molecule has 0 saturated heterocycles. The van der Waals surface area contributed by atoms with Crippen LogP contribution in [0.25, 0.3) is 0 Å². The molecule has 86 valence electrons. The standard InChI is InChI=1S/C9H14FNO4/c10-5-1-2-6(8(12)13)3-4-7(11)9(14)15/h3,7H,1-2,4-5,11H2,(H,12,13)(H,14,15)/b6-3-/t7-/m0/s1/i10-1. The van der Waals surface area contributed by atoms with Gasteiger partial charge in [0, 0.05) is 5.57 Å². The first-order chi connectivity index (χ1) is 6.99. The molecular formula is C9H14FNO4.